The number of aryl methyl sites for hydroxylation is 1. The molecule has 2 rings (SSSR count). The zero-order valence-corrected chi connectivity index (χ0v) is 11.6. The van der Waals surface area contributed by atoms with E-state index in [0.29, 0.717) is 0 Å². The average molecular weight is 291 g/mol. The molecule has 0 heterocycles. The van der Waals surface area contributed by atoms with Crippen molar-refractivity contribution in [1.82, 2.24) is 0 Å². The minimum Gasteiger partial charge on any atom is -0.378 e. The Morgan fingerprint density at radius 2 is 1.65 bits per heavy atom. The molecule has 6 heteroatoms. The summed E-state index contributed by atoms with van der Waals surface area (Å²) in [6.07, 6.45) is 0. The summed E-state index contributed by atoms with van der Waals surface area (Å²) in [5.74, 6) is -0.833. The van der Waals surface area contributed by atoms with Crippen LogP contribution in [0.4, 0.5) is 0 Å². The molecular weight excluding hydrogens is 278 g/mol. The molecule has 0 bridgehead atoms. The Kier molecular flexibility index (Phi) is 3.76. The molecule has 2 N–H and O–H groups in total. The third-order valence-electron chi connectivity index (χ3n) is 2.66. The van der Waals surface area contributed by atoms with Crippen molar-refractivity contribution in [3.63, 3.8) is 0 Å². The first-order chi connectivity index (χ1) is 9.40. The van der Waals surface area contributed by atoms with E-state index in [1.165, 1.54) is 24.3 Å². The quantitative estimate of drug-likeness (QED) is 0.871. The van der Waals surface area contributed by atoms with E-state index in [0.717, 1.165) is 5.56 Å². The van der Waals surface area contributed by atoms with Crippen LogP contribution in [-0.4, -0.2) is 14.3 Å². The van der Waals surface area contributed by atoms with Crippen molar-refractivity contribution in [2.45, 2.75) is 11.8 Å². The number of amides is 1. The second kappa shape index (κ2) is 5.34. The highest BCUT2D eigenvalue weighted by molar-refractivity contribution is 7.87. The van der Waals surface area contributed by atoms with Gasteiger partial charge in [-0.15, -0.1) is 0 Å². The lowest BCUT2D eigenvalue weighted by Gasteiger charge is -2.09. The molecule has 20 heavy (non-hydrogen) atoms. The summed E-state index contributed by atoms with van der Waals surface area (Å²) >= 11 is 0. The molecule has 2 aromatic carbocycles. The summed E-state index contributed by atoms with van der Waals surface area (Å²) in [6, 6.07) is 12.1. The van der Waals surface area contributed by atoms with Gasteiger partial charge in [0.1, 0.15) is 4.90 Å². The summed E-state index contributed by atoms with van der Waals surface area (Å²) in [6.45, 7) is 1.85. The molecule has 0 unspecified atom stereocenters. The maximum atomic E-state index is 12.1. The molecule has 0 radical (unpaired) electrons. The number of primary amides is 1. The highest BCUT2D eigenvalue weighted by Crippen LogP contribution is 2.22. The maximum Gasteiger partial charge on any atom is 0.339 e. The van der Waals surface area contributed by atoms with E-state index in [1.807, 2.05) is 6.92 Å². The van der Waals surface area contributed by atoms with Crippen molar-refractivity contribution in [3.8, 4) is 5.75 Å². The Bertz CT molecular complexity index is 736. The first-order valence-electron chi connectivity index (χ1n) is 5.80. The van der Waals surface area contributed by atoms with Gasteiger partial charge in [-0.25, -0.2) is 0 Å². The highest BCUT2D eigenvalue weighted by atomic mass is 32.2. The molecule has 0 aromatic heterocycles. The molecule has 0 atom stereocenters. The second-order valence-corrected chi connectivity index (χ2v) is 5.76. The molecule has 104 valence electrons. The number of para-hydroxylation sites is 1. The molecule has 0 saturated heterocycles. The Morgan fingerprint density at radius 3 is 2.25 bits per heavy atom. The fourth-order valence-electron chi connectivity index (χ4n) is 1.61. The first kappa shape index (κ1) is 14.1. The van der Waals surface area contributed by atoms with E-state index in [4.69, 9.17) is 9.92 Å². The highest BCUT2D eigenvalue weighted by Gasteiger charge is 2.19. The number of benzene rings is 2. The van der Waals surface area contributed by atoms with Gasteiger partial charge in [-0.1, -0.05) is 29.8 Å². The zero-order chi connectivity index (χ0) is 14.8. The normalized spacial score (nSPS) is 11.1. The van der Waals surface area contributed by atoms with Crippen LogP contribution in [0.25, 0.3) is 0 Å². The van der Waals surface area contributed by atoms with E-state index in [-0.39, 0.29) is 16.2 Å². The number of carbonyl (C=O) groups excluding carboxylic acids is 1. The Morgan fingerprint density at radius 1 is 1.05 bits per heavy atom. The van der Waals surface area contributed by atoms with Crippen LogP contribution in [-0.2, 0) is 10.1 Å². The van der Waals surface area contributed by atoms with E-state index >= 15 is 0 Å². The number of hydrogen-bond donors (Lipinski definition) is 1. The van der Waals surface area contributed by atoms with Crippen LogP contribution in [0.3, 0.4) is 0 Å². The topological polar surface area (TPSA) is 86.5 Å². The third-order valence-corrected chi connectivity index (χ3v) is 3.91. The number of hydrogen-bond acceptors (Lipinski definition) is 4. The van der Waals surface area contributed by atoms with Crippen LogP contribution in [0.15, 0.2) is 53.4 Å². The van der Waals surface area contributed by atoms with Gasteiger partial charge in [0.15, 0.2) is 5.75 Å². The first-order valence-corrected chi connectivity index (χ1v) is 7.21. The molecule has 1 amide bonds. The Hall–Kier alpha value is -2.34. The van der Waals surface area contributed by atoms with Gasteiger partial charge in [-0.2, -0.15) is 8.42 Å². The zero-order valence-electron chi connectivity index (χ0n) is 10.7. The van der Waals surface area contributed by atoms with Gasteiger partial charge < -0.3 is 9.92 Å². The van der Waals surface area contributed by atoms with E-state index in [1.54, 1.807) is 24.3 Å². The summed E-state index contributed by atoms with van der Waals surface area (Å²) in [5.41, 5.74) is 6.13. The summed E-state index contributed by atoms with van der Waals surface area (Å²) in [7, 11) is -3.99. The van der Waals surface area contributed by atoms with Crippen LogP contribution < -0.4 is 9.92 Å². The van der Waals surface area contributed by atoms with E-state index in [2.05, 4.69) is 0 Å². The Labute approximate surface area is 117 Å². The van der Waals surface area contributed by atoms with Gasteiger partial charge >= 0.3 is 10.1 Å². The van der Waals surface area contributed by atoms with Crippen LogP contribution in [0, 0.1) is 6.92 Å². The van der Waals surface area contributed by atoms with Crippen LogP contribution >= 0.6 is 0 Å². The number of nitrogens with two attached hydrogens (primary N) is 1. The van der Waals surface area contributed by atoms with Crippen molar-refractivity contribution in [2.24, 2.45) is 5.73 Å². The molecule has 0 aliphatic carbocycles. The smallest absolute Gasteiger partial charge is 0.339 e. The van der Waals surface area contributed by atoms with E-state index < -0.39 is 16.0 Å². The lowest BCUT2D eigenvalue weighted by molar-refractivity contribution is 0.0999. The molecule has 5 nitrogen and oxygen atoms in total. The standard InChI is InChI=1S/C14H13NO4S/c1-10-6-8-11(9-7-10)20(17,18)19-13-5-3-2-4-12(13)14(15)16/h2-9H,1H3,(H2,15,16). The predicted octanol–water partition coefficient (Wildman–Crippen LogP) is 1.86. The van der Waals surface area contributed by atoms with Gasteiger partial charge in [0.2, 0.25) is 0 Å². The summed E-state index contributed by atoms with van der Waals surface area (Å²) in [4.78, 5) is 11.3. The molecule has 0 spiro atoms. The molecule has 0 aliphatic heterocycles. The lowest BCUT2D eigenvalue weighted by Crippen LogP contribution is -2.16. The SMILES string of the molecule is Cc1ccc(S(=O)(=O)Oc2ccccc2C(N)=O)cc1. The largest absolute Gasteiger partial charge is 0.378 e. The van der Waals surface area contributed by atoms with Crippen molar-refractivity contribution in [3.05, 3.63) is 59.7 Å². The number of rotatable bonds is 4. The minimum absolute atomic E-state index is 0.0161. The molecule has 2 aromatic rings. The Balaban J connectivity index is 2.38. The fraction of sp³-hybridized carbons (Fsp3) is 0.0714. The van der Waals surface area contributed by atoms with Crippen molar-refractivity contribution >= 4 is 16.0 Å². The summed E-state index contributed by atoms with van der Waals surface area (Å²) < 4.78 is 29.2. The predicted molar refractivity (Wildman–Crippen MR) is 74.0 cm³/mol. The third kappa shape index (κ3) is 2.97. The molecule has 0 fully saturated rings. The number of carbonyl (C=O) groups is 1. The lowest BCUT2D eigenvalue weighted by atomic mass is 10.2. The van der Waals surface area contributed by atoms with Gasteiger partial charge in [-0.3, -0.25) is 4.79 Å². The van der Waals surface area contributed by atoms with Crippen molar-refractivity contribution in [2.75, 3.05) is 0 Å². The molecule has 0 saturated carbocycles. The summed E-state index contributed by atoms with van der Waals surface area (Å²) in [5, 5.41) is 0. The maximum absolute atomic E-state index is 12.1. The van der Waals surface area contributed by atoms with Crippen molar-refractivity contribution in [1.29, 1.82) is 0 Å². The molecule has 0 aliphatic rings. The van der Waals surface area contributed by atoms with Crippen LogP contribution in [0.5, 0.6) is 5.75 Å². The average Bonchev–Trinajstić information content (AvgIpc) is 2.39. The van der Waals surface area contributed by atoms with Gasteiger partial charge in [0, 0.05) is 0 Å². The van der Waals surface area contributed by atoms with E-state index in [9.17, 15) is 13.2 Å². The fourth-order valence-corrected chi connectivity index (χ4v) is 2.56. The van der Waals surface area contributed by atoms with Gasteiger partial charge in [0.05, 0.1) is 5.56 Å². The minimum atomic E-state index is -3.99. The van der Waals surface area contributed by atoms with Gasteiger partial charge in [-0.05, 0) is 31.2 Å². The van der Waals surface area contributed by atoms with Crippen molar-refractivity contribution < 1.29 is 17.4 Å². The molecular formula is C14H13NO4S. The van der Waals surface area contributed by atoms with Crippen LogP contribution in [0.2, 0.25) is 0 Å². The monoisotopic (exact) mass is 291 g/mol. The van der Waals surface area contributed by atoms with Crippen LogP contribution in [0.1, 0.15) is 15.9 Å². The van der Waals surface area contributed by atoms with Gasteiger partial charge in [0.25, 0.3) is 5.91 Å². The second-order valence-electron chi connectivity index (χ2n) is 4.21.